The van der Waals surface area contributed by atoms with Crippen LogP contribution in [0.5, 0.6) is 0 Å². The molecule has 1 fully saturated rings. The van der Waals surface area contributed by atoms with Gasteiger partial charge in [-0.05, 0) is 31.4 Å². The van der Waals surface area contributed by atoms with Crippen molar-refractivity contribution in [1.82, 2.24) is 25.2 Å². The van der Waals surface area contributed by atoms with E-state index in [1.165, 1.54) is 12.1 Å². The zero-order valence-corrected chi connectivity index (χ0v) is 16.9. The quantitative estimate of drug-likeness (QED) is 0.584. The molecule has 8 nitrogen and oxygen atoms in total. The fourth-order valence-corrected chi connectivity index (χ4v) is 3.64. The van der Waals surface area contributed by atoms with Crippen molar-refractivity contribution in [2.75, 3.05) is 13.1 Å². The van der Waals surface area contributed by atoms with Crippen LogP contribution in [0.1, 0.15) is 56.1 Å². The third-order valence-corrected chi connectivity index (χ3v) is 5.26. The minimum Gasteiger partial charge on any atom is -0.342 e. The number of likely N-dealkylation sites (tertiary alicyclic amines) is 1. The second-order valence-electron chi connectivity index (χ2n) is 7.46. The van der Waals surface area contributed by atoms with Gasteiger partial charge in [-0.3, -0.25) is 4.79 Å². The average Bonchev–Trinajstić information content (AvgIpc) is 3.44. The number of hydrogen-bond acceptors (Lipinski definition) is 7. The normalized spacial score (nSPS) is 16.7. The highest BCUT2D eigenvalue weighted by atomic mass is 19.1. The van der Waals surface area contributed by atoms with Crippen molar-refractivity contribution in [3.8, 4) is 11.4 Å². The summed E-state index contributed by atoms with van der Waals surface area (Å²) in [6.45, 7) is 3.24. The van der Waals surface area contributed by atoms with E-state index in [0.717, 1.165) is 25.8 Å². The van der Waals surface area contributed by atoms with Gasteiger partial charge in [-0.25, -0.2) is 4.39 Å². The smallest absolute Gasteiger partial charge is 0.231 e. The molecule has 0 spiro atoms. The van der Waals surface area contributed by atoms with Crippen LogP contribution in [0, 0.1) is 5.82 Å². The van der Waals surface area contributed by atoms with Crippen molar-refractivity contribution in [3.05, 3.63) is 47.7 Å². The largest absolute Gasteiger partial charge is 0.342 e. The summed E-state index contributed by atoms with van der Waals surface area (Å²) in [6.07, 6.45) is 4.16. The van der Waals surface area contributed by atoms with Gasteiger partial charge in [0.05, 0.1) is 5.92 Å². The Labute approximate surface area is 173 Å². The van der Waals surface area contributed by atoms with Gasteiger partial charge in [0.25, 0.3) is 0 Å². The summed E-state index contributed by atoms with van der Waals surface area (Å²) in [5.74, 6) is 1.85. The lowest BCUT2D eigenvalue weighted by atomic mass is 9.97. The van der Waals surface area contributed by atoms with E-state index in [2.05, 4.69) is 20.3 Å². The van der Waals surface area contributed by atoms with Gasteiger partial charge >= 0.3 is 0 Å². The molecule has 0 saturated carbocycles. The van der Waals surface area contributed by atoms with Gasteiger partial charge in [-0.1, -0.05) is 29.4 Å². The maximum absolute atomic E-state index is 13.4. The summed E-state index contributed by atoms with van der Waals surface area (Å²) >= 11 is 0. The van der Waals surface area contributed by atoms with Crippen molar-refractivity contribution < 1.29 is 18.2 Å². The number of aromatic nitrogens is 4. The molecular formula is C21H24FN5O3. The molecule has 1 saturated heterocycles. The lowest BCUT2D eigenvalue weighted by molar-refractivity contribution is -0.132. The number of aryl methyl sites for hydroxylation is 2. The van der Waals surface area contributed by atoms with Crippen LogP contribution >= 0.6 is 0 Å². The number of piperidine rings is 1. The first-order valence-electron chi connectivity index (χ1n) is 10.3. The predicted molar refractivity (Wildman–Crippen MR) is 105 cm³/mol. The van der Waals surface area contributed by atoms with Crippen LogP contribution < -0.4 is 0 Å². The van der Waals surface area contributed by atoms with Gasteiger partial charge in [-0.15, -0.1) is 0 Å². The van der Waals surface area contributed by atoms with Crippen LogP contribution in [0.3, 0.4) is 0 Å². The standard InChI is InChI=1S/C21H24FN5O3/c1-2-17-23-18(29-25-17)9-4-10-19(28)27-11-5-7-15(13-27)21-24-20(26-30-21)14-6-3-8-16(22)12-14/h3,6,8,12,15H,2,4-5,7,9-11,13H2,1H3. The van der Waals surface area contributed by atoms with Crippen molar-refractivity contribution in [2.24, 2.45) is 0 Å². The Kier molecular flexibility index (Phi) is 6.15. The van der Waals surface area contributed by atoms with Gasteiger partial charge in [-0.2, -0.15) is 9.97 Å². The first-order chi connectivity index (χ1) is 14.6. The molecule has 1 aliphatic rings. The lowest BCUT2D eigenvalue weighted by Crippen LogP contribution is -2.39. The SMILES string of the molecule is CCc1noc(CCCC(=O)N2CCCC(c3nc(-c4cccc(F)c4)no3)C2)n1. The highest BCUT2D eigenvalue weighted by Crippen LogP contribution is 2.28. The molecule has 0 radical (unpaired) electrons. The lowest BCUT2D eigenvalue weighted by Gasteiger charge is -2.31. The minimum absolute atomic E-state index is 0.0134. The fourth-order valence-electron chi connectivity index (χ4n) is 3.64. The second-order valence-corrected chi connectivity index (χ2v) is 7.46. The van der Waals surface area contributed by atoms with E-state index < -0.39 is 0 Å². The number of amides is 1. The molecular weight excluding hydrogens is 389 g/mol. The van der Waals surface area contributed by atoms with Gasteiger partial charge in [0, 0.05) is 37.9 Å². The Morgan fingerprint density at radius 1 is 1.27 bits per heavy atom. The molecule has 9 heteroatoms. The number of benzene rings is 1. The highest BCUT2D eigenvalue weighted by Gasteiger charge is 2.28. The number of rotatable bonds is 7. The first-order valence-corrected chi connectivity index (χ1v) is 10.3. The van der Waals surface area contributed by atoms with Crippen LogP contribution in [0.2, 0.25) is 0 Å². The van der Waals surface area contributed by atoms with E-state index in [1.807, 2.05) is 11.8 Å². The van der Waals surface area contributed by atoms with E-state index in [4.69, 9.17) is 9.05 Å². The molecule has 4 rings (SSSR count). The van der Waals surface area contributed by atoms with Crippen molar-refractivity contribution in [2.45, 2.75) is 51.4 Å². The number of halogens is 1. The Balaban J connectivity index is 1.32. The molecule has 2 aromatic heterocycles. The van der Waals surface area contributed by atoms with Crippen molar-refractivity contribution in [3.63, 3.8) is 0 Å². The zero-order chi connectivity index (χ0) is 20.9. The third-order valence-electron chi connectivity index (χ3n) is 5.26. The molecule has 3 aromatic rings. The molecule has 0 N–H and O–H groups in total. The fraction of sp³-hybridized carbons (Fsp3) is 0.476. The van der Waals surface area contributed by atoms with Crippen molar-refractivity contribution >= 4 is 5.91 Å². The summed E-state index contributed by atoms with van der Waals surface area (Å²) < 4.78 is 24.0. The Bertz CT molecular complexity index is 1000. The van der Waals surface area contributed by atoms with Crippen LogP contribution in [-0.2, 0) is 17.6 Å². The first kappa shape index (κ1) is 20.2. The predicted octanol–water partition coefficient (Wildman–Crippen LogP) is 3.55. The topological polar surface area (TPSA) is 98.2 Å². The van der Waals surface area contributed by atoms with E-state index >= 15 is 0 Å². The average molecular weight is 413 g/mol. The van der Waals surface area contributed by atoms with E-state index in [1.54, 1.807) is 12.1 Å². The summed E-state index contributed by atoms with van der Waals surface area (Å²) in [5, 5.41) is 7.85. The Morgan fingerprint density at radius 3 is 2.97 bits per heavy atom. The molecule has 0 aliphatic carbocycles. The number of hydrogen-bond donors (Lipinski definition) is 0. The van der Waals surface area contributed by atoms with E-state index in [9.17, 15) is 9.18 Å². The maximum atomic E-state index is 13.4. The van der Waals surface area contributed by atoms with Gasteiger partial charge in [0.1, 0.15) is 5.82 Å². The summed E-state index contributed by atoms with van der Waals surface area (Å²) in [4.78, 5) is 23.2. The van der Waals surface area contributed by atoms with Crippen LogP contribution in [0.4, 0.5) is 4.39 Å². The minimum atomic E-state index is -0.347. The number of carbonyl (C=O) groups is 1. The summed E-state index contributed by atoms with van der Waals surface area (Å²) in [7, 11) is 0. The molecule has 30 heavy (non-hydrogen) atoms. The number of carbonyl (C=O) groups excluding carboxylic acids is 1. The van der Waals surface area contributed by atoms with Gasteiger partial charge < -0.3 is 13.9 Å². The van der Waals surface area contributed by atoms with Crippen LogP contribution in [-0.4, -0.2) is 44.2 Å². The molecule has 1 aliphatic heterocycles. The van der Waals surface area contributed by atoms with E-state index in [-0.39, 0.29) is 17.6 Å². The molecule has 0 bridgehead atoms. The number of nitrogens with zero attached hydrogens (tertiary/aromatic N) is 5. The molecule has 1 amide bonds. The monoisotopic (exact) mass is 413 g/mol. The molecule has 3 heterocycles. The molecule has 158 valence electrons. The Hall–Kier alpha value is -3.10. The molecule has 1 unspecified atom stereocenters. The Morgan fingerprint density at radius 2 is 2.17 bits per heavy atom. The van der Waals surface area contributed by atoms with Crippen molar-refractivity contribution in [1.29, 1.82) is 0 Å². The molecule has 1 aromatic carbocycles. The van der Waals surface area contributed by atoms with Gasteiger partial charge in [0.2, 0.25) is 23.5 Å². The zero-order valence-electron chi connectivity index (χ0n) is 16.9. The summed E-state index contributed by atoms with van der Waals surface area (Å²) in [5.41, 5.74) is 0.570. The van der Waals surface area contributed by atoms with Gasteiger partial charge in [0.15, 0.2) is 5.82 Å². The van der Waals surface area contributed by atoms with Crippen LogP contribution in [0.25, 0.3) is 11.4 Å². The maximum Gasteiger partial charge on any atom is 0.231 e. The second kappa shape index (κ2) is 9.15. The molecule has 1 atom stereocenters. The van der Waals surface area contributed by atoms with Crippen LogP contribution in [0.15, 0.2) is 33.3 Å². The highest BCUT2D eigenvalue weighted by molar-refractivity contribution is 5.76. The summed E-state index contributed by atoms with van der Waals surface area (Å²) in [6, 6.07) is 6.09. The van der Waals surface area contributed by atoms with E-state index in [0.29, 0.717) is 54.8 Å². The third kappa shape index (κ3) is 4.72.